The molecule has 0 spiro atoms. The van der Waals surface area contributed by atoms with Crippen LogP contribution in [0.25, 0.3) is 0 Å². The number of halogens is 1. The van der Waals surface area contributed by atoms with Gasteiger partial charge in [-0.2, -0.15) is 0 Å². The Labute approximate surface area is 88.7 Å². The number of primary amides is 1. The summed E-state index contributed by atoms with van der Waals surface area (Å²) < 4.78 is 13.3. The van der Waals surface area contributed by atoms with Gasteiger partial charge in [-0.05, 0) is 13.0 Å². The second-order valence-electron chi connectivity index (χ2n) is 3.74. The van der Waals surface area contributed by atoms with Gasteiger partial charge < -0.3 is 10.6 Å². The molecule has 0 aliphatic heterocycles. The van der Waals surface area contributed by atoms with Crippen molar-refractivity contribution < 1.29 is 14.1 Å². The van der Waals surface area contributed by atoms with E-state index in [0.29, 0.717) is 12.1 Å². The first-order valence-corrected chi connectivity index (χ1v) is 4.87. The maximum Gasteiger partial charge on any atom is 0.275 e. The van der Waals surface area contributed by atoms with E-state index in [1.807, 2.05) is 7.05 Å². The minimum atomic E-state index is -0.371. The molecule has 0 radical (unpaired) electrons. The highest BCUT2D eigenvalue weighted by Crippen LogP contribution is 2.04. The smallest absolute Gasteiger partial charge is 0.275 e. The van der Waals surface area contributed by atoms with Crippen LogP contribution in [-0.2, 0) is 11.3 Å². The van der Waals surface area contributed by atoms with Gasteiger partial charge in [-0.1, -0.05) is 18.2 Å². The number of nitrogens with two attached hydrogens (primary N) is 1. The van der Waals surface area contributed by atoms with Crippen molar-refractivity contribution in [1.29, 1.82) is 0 Å². The second kappa shape index (κ2) is 4.89. The van der Waals surface area contributed by atoms with Gasteiger partial charge in [-0.15, -0.1) is 0 Å². The highest BCUT2D eigenvalue weighted by Gasteiger charge is 2.19. The Morgan fingerprint density at radius 1 is 1.53 bits per heavy atom. The Kier molecular flexibility index (Phi) is 3.80. The first-order chi connectivity index (χ1) is 7.02. The van der Waals surface area contributed by atoms with Crippen LogP contribution >= 0.6 is 0 Å². The predicted molar refractivity (Wildman–Crippen MR) is 55.6 cm³/mol. The summed E-state index contributed by atoms with van der Waals surface area (Å²) in [5.74, 6) is -0.614. The number of benzene rings is 1. The third kappa shape index (κ3) is 3.02. The molecule has 0 fully saturated rings. The van der Waals surface area contributed by atoms with E-state index in [2.05, 4.69) is 0 Å². The van der Waals surface area contributed by atoms with Crippen LogP contribution in [0.5, 0.6) is 0 Å². The lowest BCUT2D eigenvalue weighted by molar-refractivity contribution is -0.908. The van der Waals surface area contributed by atoms with Crippen molar-refractivity contribution in [2.75, 3.05) is 7.05 Å². The molecule has 4 heteroatoms. The molecule has 0 aromatic heterocycles. The lowest BCUT2D eigenvalue weighted by Crippen LogP contribution is -3.12. The average molecular weight is 211 g/mol. The van der Waals surface area contributed by atoms with E-state index in [0.717, 1.165) is 4.90 Å². The molecule has 3 nitrogen and oxygen atoms in total. The number of carbonyl (C=O) groups is 1. The normalized spacial score (nSPS) is 14.6. The monoisotopic (exact) mass is 211 g/mol. The summed E-state index contributed by atoms with van der Waals surface area (Å²) in [7, 11) is 1.82. The molecule has 1 aromatic carbocycles. The van der Waals surface area contributed by atoms with Gasteiger partial charge in [0.05, 0.1) is 7.05 Å². The third-order valence-corrected chi connectivity index (χ3v) is 2.59. The standard InChI is InChI=1S/C11H15FN2O/c1-8(11(13)15)14(2)7-9-5-3-4-6-10(9)12/h3-6,8H,7H2,1-2H3,(H2,13,15)/p+1/t8-/m0/s1. The van der Waals surface area contributed by atoms with Gasteiger partial charge in [-0.25, -0.2) is 4.39 Å². The second-order valence-corrected chi connectivity index (χ2v) is 3.74. The van der Waals surface area contributed by atoms with E-state index < -0.39 is 0 Å². The molecule has 15 heavy (non-hydrogen) atoms. The molecule has 0 bridgehead atoms. The van der Waals surface area contributed by atoms with Gasteiger partial charge >= 0.3 is 0 Å². The fourth-order valence-corrected chi connectivity index (χ4v) is 1.34. The highest BCUT2D eigenvalue weighted by atomic mass is 19.1. The molecule has 0 aliphatic carbocycles. The minimum absolute atomic E-state index is 0.242. The van der Waals surface area contributed by atoms with Crippen molar-refractivity contribution in [3.05, 3.63) is 35.6 Å². The number of carbonyl (C=O) groups excluding carboxylic acids is 1. The molecule has 1 unspecified atom stereocenters. The Morgan fingerprint density at radius 2 is 2.13 bits per heavy atom. The van der Waals surface area contributed by atoms with Crippen LogP contribution in [0.15, 0.2) is 24.3 Å². The maximum absolute atomic E-state index is 13.3. The molecule has 0 saturated carbocycles. The summed E-state index contributed by atoms with van der Waals surface area (Å²) >= 11 is 0. The van der Waals surface area contributed by atoms with E-state index in [1.54, 1.807) is 25.1 Å². The fraction of sp³-hybridized carbons (Fsp3) is 0.364. The molecule has 1 aromatic rings. The zero-order valence-electron chi connectivity index (χ0n) is 8.96. The first-order valence-electron chi connectivity index (χ1n) is 4.87. The molecule has 1 rings (SSSR count). The van der Waals surface area contributed by atoms with E-state index in [1.165, 1.54) is 6.07 Å². The van der Waals surface area contributed by atoms with Gasteiger partial charge in [0.15, 0.2) is 6.04 Å². The van der Waals surface area contributed by atoms with Gasteiger partial charge in [0.1, 0.15) is 12.4 Å². The number of hydrogen-bond donors (Lipinski definition) is 2. The quantitative estimate of drug-likeness (QED) is 0.706. The van der Waals surface area contributed by atoms with Crippen LogP contribution in [0.4, 0.5) is 4.39 Å². The van der Waals surface area contributed by atoms with E-state index in [9.17, 15) is 9.18 Å². The van der Waals surface area contributed by atoms with Crippen molar-refractivity contribution in [1.82, 2.24) is 0 Å². The molecule has 82 valence electrons. The molecule has 3 N–H and O–H groups in total. The number of likely N-dealkylation sites (N-methyl/N-ethyl adjacent to an activating group) is 1. The third-order valence-electron chi connectivity index (χ3n) is 2.59. The van der Waals surface area contributed by atoms with Crippen LogP contribution in [0.2, 0.25) is 0 Å². The number of quaternary nitrogens is 1. The SMILES string of the molecule is C[C@@H](C(N)=O)[NH+](C)Cc1ccccc1F. The van der Waals surface area contributed by atoms with Crippen LogP contribution in [0, 0.1) is 5.82 Å². The maximum atomic E-state index is 13.3. The van der Waals surface area contributed by atoms with Crippen LogP contribution in [-0.4, -0.2) is 19.0 Å². The van der Waals surface area contributed by atoms with Crippen molar-refractivity contribution in [3.63, 3.8) is 0 Å². The van der Waals surface area contributed by atoms with Crippen molar-refractivity contribution in [2.24, 2.45) is 5.73 Å². The molecular weight excluding hydrogens is 195 g/mol. The van der Waals surface area contributed by atoms with Crippen molar-refractivity contribution >= 4 is 5.91 Å². The largest absolute Gasteiger partial charge is 0.365 e. The molecule has 2 atom stereocenters. The summed E-state index contributed by atoms with van der Waals surface area (Å²) in [6.07, 6.45) is 0. The molecule has 0 aliphatic rings. The van der Waals surface area contributed by atoms with Crippen molar-refractivity contribution in [3.8, 4) is 0 Å². The average Bonchev–Trinajstić information content (AvgIpc) is 2.20. The Balaban J connectivity index is 2.70. The summed E-state index contributed by atoms with van der Waals surface area (Å²) in [6, 6.07) is 6.24. The van der Waals surface area contributed by atoms with Crippen LogP contribution < -0.4 is 10.6 Å². The van der Waals surface area contributed by atoms with Crippen LogP contribution in [0.3, 0.4) is 0 Å². The summed E-state index contributed by atoms with van der Waals surface area (Å²) in [4.78, 5) is 11.8. The van der Waals surface area contributed by atoms with Gasteiger partial charge in [0.2, 0.25) is 0 Å². The molecule has 0 heterocycles. The first kappa shape index (κ1) is 11.7. The Bertz CT molecular complexity index is 354. The van der Waals surface area contributed by atoms with Gasteiger partial charge in [-0.3, -0.25) is 4.79 Å². The molecular formula is C11H16FN2O+. The Hall–Kier alpha value is -1.42. The summed E-state index contributed by atoms with van der Waals surface area (Å²) in [5, 5.41) is 0. The van der Waals surface area contributed by atoms with Gasteiger partial charge in [0.25, 0.3) is 5.91 Å². The summed E-state index contributed by atoms with van der Waals surface area (Å²) in [5.41, 5.74) is 5.78. The van der Waals surface area contributed by atoms with Crippen molar-refractivity contribution in [2.45, 2.75) is 19.5 Å². The lowest BCUT2D eigenvalue weighted by Gasteiger charge is -2.19. The topological polar surface area (TPSA) is 47.5 Å². The molecule has 1 amide bonds. The number of amides is 1. The Morgan fingerprint density at radius 3 is 2.67 bits per heavy atom. The number of hydrogen-bond acceptors (Lipinski definition) is 1. The fourth-order valence-electron chi connectivity index (χ4n) is 1.34. The summed E-state index contributed by atoms with van der Waals surface area (Å²) in [6.45, 7) is 2.19. The zero-order valence-corrected chi connectivity index (χ0v) is 8.96. The van der Waals surface area contributed by atoms with E-state index in [-0.39, 0.29) is 17.8 Å². The number of nitrogens with one attached hydrogen (secondary N) is 1. The zero-order chi connectivity index (χ0) is 11.4. The van der Waals surface area contributed by atoms with E-state index >= 15 is 0 Å². The minimum Gasteiger partial charge on any atom is -0.365 e. The highest BCUT2D eigenvalue weighted by molar-refractivity contribution is 5.77. The molecule has 0 saturated heterocycles. The van der Waals surface area contributed by atoms with Gasteiger partial charge in [0, 0.05) is 5.56 Å². The lowest BCUT2D eigenvalue weighted by atomic mass is 10.2. The van der Waals surface area contributed by atoms with Crippen LogP contribution in [0.1, 0.15) is 12.5 Å². The van der Waals surface area contributed by atoms with E-state index in [4.69, 9.17) is 5.73 Å². The number of rotatable bonds is 4. The predicted octanol–water partition coefficient (Wildman–Crippen LogP) is -0.286.